The van der Waals surface area contributed by atoms with Crippen molar-refractivity contribution in [2.75, 3.05) is 49.0 Å². The summed E-state index contributed by atoms with van der Waals surface area (Å²) in [5, 5.41) is 10.4. The number of amides is 2. The number of piperidine rings is 1. The Morgan fingerprint density at radius 3 is 2.66 bits per heavy atom. The van der Waals surface area contributed by atoms with E-state index in [4.69, 9.17) is 10.5 Å². The lowest BCUT2D eigenvalue weighted by Gasteiger charge is -2.40. The summed E-state index contributed by atoms with van der Waals surface area (Å²) in [6, 6.07) is 7.41. The molecule has 0 bridgehead atoms. The summed E-state index contributed by atoms with van der Waals surface area (Å²) in [6.07, 6.45) is 6.64. The number of hydrogen-bond donors (Lipinski definition) is 3. The molecule has 2 atom stereocenters. The average molecular weight is 522 g/mol. The minimum absolute atomic E-state index is 0.0448. The largest absolute Gasteiger partial charge is 0.383 e. The van der Waals surface area contributed by atoms with Gasteiger partial charge >= 0.3 is 0 Å². The van der Waals surface area contributed by atoms with Crippen molar-refractivity contribution in [3.63, 3.8) is 0 Å². The molecule has 4 rings (SSSR count). The van der Waals surface area contributed by atoms with Gasteiger partial charge in [-0.15, -0.1) is 0 Å². The van der Waals surface area contributed by atoms with Gasteiger partial charge in [0, 0.05) is 63.8 Å². The van der Waals surface area contributed by atoms with Crippen molar-refractivity contribution in [3.8, 4) is 0 Å². The number of benzene rings is 1. The molecule has 0 unspecified atom stereocenters. The van der Waals surface area contributed by atoms with Gasteiger partial charge in [0.25, 0.3) is 11.8 Å². The first kappa shape index (κ1) is 26.9. The van der Waals surface area contributed by atoms with E-state index < -0.39 is 5.91 Å². The van der Waals surface area contributed by atoms with E-state index in [1.54, 1.807) is 37.4 Å². The Hall–Kier alpha value is -4.19. The Balaban J connectivity index is 1.47. The number of likely N-dealkylation sites (N-methyl/N-ethyl adjacent to an activating group) is 1. The second-order valence-corrected chi connectivity index (χ2v) is 9.43. The van der Waals surface area contributed by atoms with Crippen LogP contribution in [0.2, 0.25) is 0 Å². The number of ether oxygens (including phenoxy) is 1. The van der Waals surface area contributed by atoms with E-state index in [9.17, 15) is 9.59 Å². The zero-order chi connectivity index (χ0) is 27.2. The number of primary amides is 1. The van der Waals surface area contributed by atoms with Crippen molar-refractivity contribution in [2.45, 2.75) is 31.8 Å². The van der Waals surface area contributed by atoms with Crippen LogP contribution in [0.5, 0.6) is 0 Å². The molecule has 1 saturated heterocycles. The number of carbonyl (C=O) groups is 2. The van der Waals surface area contributed by atoms with Gasteiger partial charge in [-0.3, -0.25) is 14.3 Å². The van der Waals surface area contributed by atoms with Gasteiger partial charge in [0.05, 0.1) is 24.7 Å². The first-order valence-corrected chi connectivity index (χ1v) is 12.6. The number of carbonyl (C=O) groups excluding carboxylic acids is 2. The van der Waals surface area contributed by atoms with E-state index in [0.29, 0.717) is 23.7 Å². The van der Waals surface area contributed by atoms with Crippen LogP contribution in [0.3, 0.4) is 0 Å². The van der Waals surface area contributed by atoms with E-state index >= 15 is 0 Å². The van der Waals surface area contributed by atoms with Crippen molar-refractivity contribution >= 4 is 34.8 Å². The molecule has 1 aromatic carbocycles. The molecule has 38 heavy (non-hydrogen) atoms. The van der Waals surface area contributed by atoms with Crippen molar-refractivity contribution in [1.82, 2.24) is 25.1 Å². The summed E-state index contributed by atoms with van der Waals surface area (Å²) in [5.74, 6) is 0.0558. The lowest BCUT2D eigenvalue weighted by Crippen LogP contribution is -2.54. The number of nitrogens with two attached hydrogens (primary N) is 1. The minimum atomic E-state index is -0.678. The number of nitrogens with one attached hydrogen (secondary N) is 2. The molecule has 0 spiro atoms. The van der Waals surface area contributed by atoms with Gasteiger partial charge in [-0.25, -0.2) is 9.97 Å². The number of hydrogen-bond acceptors (Lipinski definition) is 9. The summed E-state index contributed by atoms with van der Waals surface area (Å²) < 4.78 is 6.77. The highest BCUT2D eigenvalue weighted by Crippen LogP contribution is 2.26. The van der Waals surface area contributed by atoms with E-state index in [2.05, 4.69) is 42.4 Å². The molecule has 4 N–H and O–H groups in total. The number of rotatable bonds is 10. The highest BCUT2D eigenvalue weighted by atomic mass is 16.5. The molecule has 3 heterocycles. The smallest absolute Gasteiger partial charge is 0.271 e. The quantitative estimate of drug-likeness (QED) is 0.364. The molecule has 1 aliphatic rings. The second-order valence-electron chi connectivity index (χ2n) is 9.43. The van der Waals surface area contributed by atoms with Gasteiger partial charge in [0.15, 0.2) is 11.5 Å². The maximum absolute atomic E-state index is 13.1. The number of aryl methyl sites for hydroxylation is 1. The van der Waals surface area contributed by atoms with Crippen LogP contribution in [0, 0.1) is 0 Å². The van der Waals surface area contributed by atoms with Gasteiger partial charge in [0.1, 0.15) is 5.82 Å². The summed E-state index contributed by atoms with van der Waals surface area (Å²) in [4.78, 5) is 38.2. The molecular weight excluding hydrogens is 486 g/mol. The van der Waals surface area contributed by atoms with Gasteiger partial charge in [-0.1, -0.05) is 0 Å². The van der Waals surface area contributed by atoms with E-state index in [1.807, 2.05) is 31.3 Å². The molecule has 12 heteroatoms. The fourth-order valence-electron chi connectivity index (χ4n) is 4.54. The number of methoxy groups -OCH3 is 1. The fourth-order valence-corrected chi connectivity index (χ4v) is 4.54. The number of nitrogens with zero attached hydrogens (tertiary/aromatic N) is 6. The molecule has 0 saturated carbocycles. The van der Waals surface area contributed by atoms with E-state index in [1.165, 1.54) is 0 Å². The molecule has 2 amide bonds. The van der Waals surface area contributed by atoms with Crippen molar-refractivity contribution in [3.05, 3.63) is 54.1 Å². The summed E-state index contributed by atoms with van der Waals surface area (Å²) in [5.41, 5.74) is 7.86. The molecule has 0 aliphatic carbocycles. The molecule has 1 aliphatic heterocycles. The Bertz CT molecular complexity index is 1260. The Kier molecular flexibility index (Phi) is 8.41. The second kappa shape index (κ2) is 11.9. The van der Waals surface area contributed by atoms with Crippen LogP contribution in [-0.4, -0.2) is 77.5 Å². The lowest BCUT2D eigenvalue weighted by molar-refractivity contribution is 0.0923. The van der Waals surface area contributed by atoms with Gasteiger partial charge < -0.3 is 30.9 Å². The van der Waals surface area contributed by atoms with Crippen LogP contribution in [0.15, 0.2) is 42.9 Å². The highest BCUT2D eigenvalue weighted by Gasteiger charge is 2.31. The van der Waals surface area contributed by atoms with E-state index in [-0.39, 0.29) is 29.5 Å². The molecule has 1 fully saturated rings. The first-order valence-electron chi connectivity index (χ1n) is 12.6. The van der Waals surface area contributed by atoms with Gasteiger partial charge in [-0.2, -0.15) is 5.10 Å². The van der Waals surface area contributed by atoms with Crippen molar-refractivity contribution < 1.29 is 14.3 Å². The highest BCUT2D eigenvalue weighted by molar-refractivity contribution is 5.96. The van der Waals surface area contributed by atoms with Crippen LogP contribution >= 0.6 is 0 Å². The van der Waals surface area contributed by atoms with Crippen molar-refractivity contribution in [2.24, 2.45) is 12.8 Å². The Morgan fingerprint density at radius 2 is 2.00 bits per heavy atom. The lowest BCUT2D eigenvalue weighted by atomic mass is 9.97. The van der Waals surface area contributed by atoms with Crippen LogP contribution in [0.25, 0.3) is 0 Å². The Labute approximate surface area is 222 Å². The molecule has 2 aromatic heterocycles. The third-order valence-electron chi connectivity index (χ3n) is 6.76. The van der Waals surface area contributed by atoms with E-state index in [0.717, 1.165) is 31.6 Å². The summed E-state index contributed by atoms with van der Waals surface area (Å²) in [6.45, 7) is 4.19. The normalized spacial score (nSPS) is 17.2. The maximum Gasteiger partial charge on any atom is 0.271 e. The van der Waals surface area contributed by atoms with Crippen LogP contribution in [-0.2, 0) is 11.8 Å². The van der Waals surface area contributed by atoms with Crippen LogP contribution < -0.4 is 26.2 Å². The Morgan fingerprint density at radius 1 is 1.24 bits per heavy atom. The van der Waals surface area contributed by atoms with Crippen LogP contribution in [0.1, 0.15) is 40.6 Å². The standard InChI is InChI=1S/C26H35N9O3/c1-17-21(31-26(37)18-7-9-20(10-8-18)33(2)12-13-38-4)6-5-11-35(17)22-15-28-23(24(27)36)25(32-22)30-19-14-29-34(3)16-19/h7-10,14-17,21H,5-6,11-13H2,1-4H3,(H2,27,36)(H,30,32)(H,31,37)/t17-,21-/m1/s1. The zero-order valence-corrected chi connectivity index (χ0v) is 22.2. The zero-order valence-electron chi connectivity index (χ0n) is 22.2. The van der Waals surface area contributed by atoms with Crippen LogP contribution in [0.4, 0.5) is 23.0 Å². The molecular formula is C26H35N9O3. The average Bonchev–Trinajstić information content (AvgIpc) is 3.32. The fraction of sp³-hybridized carbons (Fsp3) is 0.423. The third-order valence-corrected chi connectivity index (χ3v) is 6.76. The molecule has 3 aromatic rings. The monoisotopic (exact) mass is 521 g/mol. The third kappa shape index (κ3) is 6.20. The predicted molar refractivity (Wildman–Crippen MR) is 146 cm³/mol. The molecule has 202 valence electrons. The molecule has 12 nitrogen and oxygen atoms in total. The topological polar surface area (TPSA) is 144 Å². The first-order chi connectivity index (χ1) is 18.3. The van der Waals surface area contributed by atoms with Gasteiger partial charge in [0.2, 0.25) is 0 Å². The van der Waals surface area contributed by atoms with Gasteiger partial charge in [-0.05, 0) is 44.0 Å². The minimum Gasteiger partial charge on any atom is -0.383 e. The molecule has 0 radical (unpaired) electrons. The number of aromatic nitrogens is 4. The predicted octanol–water partition coefficient (Wildman–Crippen LogP) is 1.92. The summed E-state index contributed by atoms with van der Waals surface area (Å²) in [7, 11) is 5.46. The van der Waals surface area contributed by atoms with Crippen molar-refractivity contribution in [1.29, 1.82) is 0 Å². The SMILES string of the molecule is COCCN(C)c1ccc(C(=O)N[C@@H]2CCCN(c3cnc(C(N)=O)c(Nc4cnn(C)c4)n3)[C@@H]2C)cc1. The maximum atomic E-state index is 13.1. The number of anilines is 4. The summed E-state index contributed by atoms with van der Waals surface area (Å²) >= 11 is 0.